The highest BCUT2D eigenvalue weighted by Crippen LogP contribution is 2.35. The summed E-state index contributed by atoms with van der Waals surface area (Å²) in [6, 6.07) is 2.45. The molecule has 0 aliphatic carbocycles. The van der Waals surface area contributed by atoms with Crippen LogP contribution in [0.4, 0.5) is 9.18 Å². The van der Waals surface area contributed by atoms with Crippen LogP contribution in [0.5, 0.6) is 0 Å². The number of amides is 1. The Morgan fingerprint density at radius 1 is 1.11 bits per heavy atom. The Hall–Kier alpha value is -1.95. The van der Waals surface area contributed by atoms with Gasteiger partial charge in [-0.15, -0.1) is 0 Å². The average molecular weight is 377 g/mol. The standard InChI is InChI=1S/C21H28FNO4/c1-12-6-15(22)7-13(2)18(12)19(24)14-8-16-10-26-11-17(9-14)23(16)20(25)27-21(3,4)5/h6-7,14,16-17H,8-11H2,1-5H3. The van der Waals surface area contributed by atoms with Gasteiger partial charge in [0.05, 0.1) is 25.3 Å². The smallest absolute Gasteiger partial charge is 0.410 e. The van der Waals surface area contributed by atoms with Crippen molar-refractivity contribution in [1.29, 1.82) is 0 Å². The lowest BCUT2D eigenvalue weighted by molar-refractivity contribution is -0.0861. The Labute approximate surface area is 159 Å². The van der Waals surface area contributed by atoms with Gasteiger partial charge >= 0.3 is 6.09 Å². The van der Waals surface area contributed by atoms with E-state index < -0.39 is 5.60 Å². The van der Waals surface area contributed by atoms with Crippen molar-refractivity contribution in [3.05, 3.63) is 34.6 Å². The minimum atomic E-state index is -0.568. The van der Waals surface area contributed by atoms with Gasteiger partial charge in [0.25, 0.3) is 0 Å². The predicted molar refractivity (Wildman–Crippen MR) is 99.4 cm³/mol. The molecule has 2 atom stereocenters. The van der Waals surface area contributed by atoms with Crippen LogP contribution >= 0.6 is 0 Å². The molecule has 2 unspecified atom stereocenters. The van der Waals surface area contributed by atoms with Gasteiger partial charge in [0.15, 0.2) is 5.78 Å². The fourth-order valence-corrected chi connectivity index (χ4v) is 4.25. The topological polar surface area (TPSA) is 55.8 Å². The van der Waals surface area contributed by atoms with E-state index in [1.807, 2.05) is 20.8 Å². The number of piperidine rings is 1. The van der Waals surface area contributed by atoms with E-state index in [-0.39, 0.29) is 35.7 Å². The third-order valence-electron chi connectivity index (χ3n) is 5.24. The van der Waals surface area contributed by atoms with Crippen LogP contribution in [-0.4, -0.2) is 47.7 Å². The molecule has 0 spiro atoms. The van der Waals surface area contributed by atoms with Crippen molar-refractivity contribution in [3.63, 3.8) is 0 Å². The van der Waals surface area contributed by atoms with E-state index in [9.17, 15) is 14.0 Å². The molecule has 2 saturated heterocycles. The molecule has 2 aliphatic heterocycles. The molecule has 1 aromatic carbocycles. The Balaban J connectivity index is 1.81. The predicted octanol–water partition coefficient (Wildman–Crippen LogP) is 4.04. The zero-order valence-corrected chi connectivity index (χ0v) is 16.7. The summed E-state index contributed by atoms with van der Waals surface area (Å²) in [5, 5.41) is 0. The molecule has 0 aromatic heterocycles. The SMILES string of the molecule is Cc1cc(F)cc(C)c1C(=O)C1CC2COCC(C1)N2C(=O)OC(C)(C)C. The third kappa shape index (κ3) is 4.15. The molecule has 1 aromatic rings. The maximum atomic E-state index is 13.6. The van der Waals surface area contributed by atoms with Crippen LogP contribution < -0.4 is 0 Å². The second-order valence-electron chi connectivity index (χ2n) is 8.68. The summed E-state index contributed by atoms with van der Waals surface area (Å²) in [6.45, 7) is 9.86. The van der Waals surface area contributed by atoms with Gasteiger partial charge in [-0.1, -0.05) is 0 Å². The van der Waals surface area contributed by atoms with Gasteiger partial charge in [-0.25, -0.2) is 9.18 Å². The van der Waals surface area contributed by atoms with Crippen molar-refractivity contribution in [1.82, 2.24) is 4.90 Å². The zero-order valence-electron chi connectivity index (χ0n) is 16.7. The fourth-order valence-electron chi connectivity index (χ4n) is 4.25. The van der Waals surface area contributed by atoms with E-state index >= 15 is 0 Å². The van der Waals surface area contributed by atoms with E-state index in [0.29, 0.717) is 42.7 Å². The van der Waals surface area contributed by atoms with Crippen LogP contribution in [-0.2, 0) is 9.47 Å². The molecule has 0 saturated carbocycles. The van der Waals surface area contributed by atoms with Gasteiger partial charge < -0.3 is 9.47 Å². The van der Waals surface area contributed by atoms with E-state index in [4.69, 9.17) is 9.47 Å². The summed E-state index contributed by atoms with van der Waals surface area (Å²) in [4.78, 5) is 27.6. The maximum Gasteiger partial charge on any atom is 0.410 e. The highest BCUT2D eigenvalue weighted by atomic mass is 19.1. The molecule has 6 heteroatoms. The first-order valence-corrected chi connectivity index (χ1v) is 9.47. The van der Waals surface area contributed by atoms with Crippen LogP contribution in [0, 0.1) is 25.6 Å². The average Bonchev–Trinajstić information content (AvgIpc) is 2.50. The molecule has 2 bridgehead atoms. The van der Waals surface area contributed by atoms with Crippen LogP contribution in [0.25, 0.3) is 0 Å². The van der Waals surface area contributed by atoms with E-state index in [0.717, 1.165) is 0 Å². The minimum Gasteiger partial charge on any atom is -0.444 e. The molecule has 27 heavy (non-hydrogen) atoms. The van der Waals surface area contributed by atoms with E-state index in [1.165, 1.54) is 12.1 Å². The van der Waals surface area contributed by atoms with Gasteiger partial charge in [-0.2, -0.15) is 0 Å². The number of ketones is 1. The first-order valence-electron chi connectivity index (χ1n) is 9.47. The number of carbonyl (C=O) groups excluding carboxylic acids is 2. The van der Waals surface area contributed by atoms with Crippen LogP contribution in [0.15, 0.2) is 12.1 Å². The first kappa shape index (κ1) is 19.8. The van der Waals surface area contributed by atoms with Crippen molar-refractivity contribution in [3.8, 4) is 0 Å². The zero-order chi connectivity index (χ0) is 19.9. The van der Waals surface area contributed by atoms with E-state index in [2.05, 4.69) is 0 Å². The number of ether oxygens (including phenoxy) is 2. The number of fused-ring (bicyclic) bond motifs is 2. The molecule has 2 aliphatic rings. The summed E-state index contributed by atoms with van der Waals surface area (Å²) in [5.74, 6) is -0.497. The molecule has 5 nitrogen and oxygen atoms in total. The molecule has 0 N–H and O–H groups in total. The van der Waals surface area contributed by atoms with Gasteiger partial charge in [0, 0.05) is 11.5 Å². The van der Waals surface area contributed by atoms with Gasteiger partial charge in [-0.05, 0) is 70.7 Å². The van der Waals surface area contributed by atoms with Crippen molar-refractivity contribution >= 4 is 11.9 Å². The Bertz CT molecular complexity index is 718. The number of nitrogens with zero attached hydrogens (tertiary/aromatic N) is 1. The molecule has 2 fully saturated rings. The summed E-state index contributed by atoms with van der Waals surface area (Å²) in [5.41, 5.74) is 1.36. The van der Waals surface area contributed by atoms with Crippen molar-refractivity contribution in [2.24, 2.45) is 5.92 Å². The van der Waals surface area contributed by atoms with Crippen LogP contribution in [0.1, 0.15) is 55.1 Å². The van der Waals surface area contributed by atoms with E-state index in [1.54, 1.807) is 18.7 Å². The number of rotatable bonds is 2. The van der Waals surface area contributed by atoms with Crippen molar-refractivity contribution in [2.45, 2.75) is 65.1 Å². The lowest BCUT2D eigenvalue weighted by atomic mass is 9.79. The quantitative estimate of drug-likeness (QED) is 0.730. The summed E-state index contributed by atoms with van der Waals surface area (Å²) in [6.07, 6.45) is 0.719. The molecular weight excluding hydrogens is 349 g/mol. The van der Waals surface area contributed by atoms with Crippen LogP contribution in [0.2, 0.25) is 0 Å². The first-order chi connectivity index (χ1) is 12.6. The van der Waals surface area contributed by atoms with Crippen molar-refractivity contribution in [2.75, 3.05) is 13.2 Å². The second kappa shape index (κ2) is 7.23. The molecule has 2 heterocycles. The number of aryl methyl sites for hydroxylation is 2. The normalized spacial score (nSPS) is 25.3. The lowest BCUT2D eigenvalue weighted by Crippen LogP contribution is -2.60. The Kier molecular flexibility index (Phi) is 5.30. The highest BCUT2D eigenvalue weighted by Gasteiger charge is 2.45. The largest absolute Gasteiger partial charge is 0.444 e. The summed E-state index contributed by atoms with van der Waals surface area (Å²) >= 11 is 0. The molecule has 1 amide bonds. The van der Waals surface area contributed by atoms with Crippen molar-refractivity contribution < 1.29 is 23.5 Å². The molecule has 148 valence electrons. The molecular formula is C21H28FNO4. The molecule has 3 rings (SSSR count). The number of hydrogen-bond donors (Lipinski definition) is 0. The number of carbonyl (C=O) groups is 2. The third-order valence-corrected chi connectivity index (χ3v) is 5.24. The van der Waals surface area contributed by atoms with Gasteiger partial charge in [0.1, 0.15) is 11.4 Å². The number of benzene rings is 1. The fraction of sp³-hybridized carbons (Fsp3) is 0.619. The van der Waals surface area contributed by atoms with Gasteiger partial charge in [-0.3, -0.25) is 9.69 Å². The number of morpholine rings is 1. The number of halogens is 1. The Morgan fingerprint density at radius 2 is 1.63 bits per heavy atom. The number of hydrogen-bond acceptors (Lipinski definition) is 4. The second-order valence-corrected chi connectivity index (χ2v) is 8.68. The molecule has 0 radical (unpaired) electrons. The summed E-state index contributed by atoms with van der Waals surface area (Å²) in [7, 11) is 0. The maximum absolute atomic E-state index is 13.6. The van der Waals surface area contributed by atoms with Crippen LogP contribution in [0.3, 0.4) is 0 Å². The number of Topliss-reactive ketones (excluding diaryl/α,β-unsaturated/α-hetero) is 1. The summed E-state index contributed by atoms with van der Waals surface area (Å²) < 4.78 is 24.8. The minimum absolute atomic E-state index is 0.0331. The van der Waals surface area contributed by atoms with Gasteiger partial charge in [0.2, 0.25) is 0 Å². The lowest BCUT2D eigenvalue weighted by Gasteiger charge is -2.48. The highest BCUT2D eigenvalue weighted by molar-refractivity contribution is 6.00. The monoisotopic (exact) mass is 377 g/mol. The Morgan fingerprint density at radius 3 is 2.11 bits per heavy atom.